The SMILES string of the molecule is CCNC(Cc1cccc(F)c1)c1ccc(Br)cc1OC. The monoisotopic (exact) mass is 351 g/mol. The van der Waals surface area contributed by atoms with Crippen molar-refractivity contribution in [1.29, 1.82) is 0 Å². The summed E-state index contributed by atoms with van der Waals surface area (Å²) >= 11 is 3.45. The summed E-state index contributed by atoms with van der Waals surface area (Å²) in [6.45, 7) is 2.89. The third-order valence-corrected chi connectivity index (χ3v) is 3.84. The number of likely N-dealkylation sites (N-methyl/N-ethyl adjacent to an activating group) is 1. The van der Waals surface area contributed by atoms with Crippen LogP contribution in [-0.2, 0) is 6.42 Å². The van der Waals surface area contributed by atoms with Crippen LogP contribution in [0.15, 0.2) is 46.9 Å². The number of hydrogen-bond acceptors (Lipinski definition) is 2. The molecule has 1 unspecified atom stereocenters. The molecule has 2 aromatic rings. The van der Waals surface area contributed by atoms with Gasteiger partial charge in [0.05, 0.1) is 7.11 Å². The topological polar surface area (TPSA) is 21.3 Å². The number of rotatable bonds is 6. The quantitative estimate of drug-likeness (QED) is 0.827. The van der Waals surface area contributed by atoms with Crippen molar-refractivity contribution >= 4 is 15.9 Å². The first-order chi connectivity index (χ1) is 10.1. The third kappa shape index (κ3) is 4.29. The van der Waals surface area contributed by atoms with E-state index in [1.165, 1.54) is 6.07 Å². The predicted octanol–water partition coefficient (Wildman–Crippen LogP) is 4.49. The Morgan fingerprint density at radius 3 is 2.71 bits per heavy atom. The minimum atomic E-state index is -0.203. The fourth-order valence-electron chi connectivity index (χ4n) is 2.41. The van der Waals surface area contributed by atoms with Crippen LogP contribution in [0.4, 0.5) is 4.39 Å². The molecule has 0 aliphatic rings. The lowest BCUT2D eigenvalue weighted by atomic mass is 9.98. The molecule has 112 valence electrons. The normalized spacial score (nSPS) is 12.2. The zero-order valence-electron chi connectivity index (χ0n) is 12.2. The van der Waals surface area contributed by atoms with Crippen LogP contribution in [0.25, 0.3) is 0 Å². The number of benzene rings is 2. The minimum Gasteiger partial charge on any atom is -0.496 e. The molecule has 0 aromatic heterocycles. The van der Waals surface area contributed by atoms with Crippen molar-refractivity contribution in [2.24, 2.45) is 0 Å². The lowest BCUT2D eigenvalue weighted by Crippen LogP contribution is -2.23. The number of hydrogen-bond donors (Lipinski definition) is 1. The van der Waals surface area contributed by atoms with Gasteiger partial charge in [0, 0.05) is 16.1 Å². The molecule has 0 aliphatic heterocycles. The molecular weight excluding hydrogens is 333 g/mol. The van der Waals surface area contributed by atoms with E-state index in [2.05, 4.69) is 28.2 Å². The molecule has 0 fully saturated rings. The maximum atomic E-state index is 13.4. The van der Waals surface area contributed by atoms with Crippen molar-refractivity contribution < 1.29 is 9.13 Å². The zero-order chi connectivity index (χ0) is 15.2. The Kier molecular flexibility index (Phi) is 5.76. The van der Waals surface area contributed by atoms with Crippen LogP contribution >= 0.6 is 15.9 Å². The fraction of sp³-hybridized carbons (Fsp3) is 0.294. The Labute approximate surface area is 133 Å². The number of halogens is 2. The molecule has 0 spiro atoms. The van der Waals surface area contributed by atoms with Gasteiger partial charge in [-0.2, -0.15) is 0 Å². The van der Waals surface area contributed by atoms with Crippen LogP contribution in [-0.4, -0.2) is 13.7 Å². The number of ether oxygens (including phenoxy) is 1. The van der Waals surface area contributed by atoms with Gasteiger partial charge in [0.15, 0.2) is 0 Å². The second kappa shape index (κ2) is 7.57. The van der Waals surface area contributed by atoms with Crippen LogP contribution in [0, 0.1) is 5.82 Å². The highest BCUT2D eigenvalue weighted by atomic mass is 79.9. The first-order valence-electron chi connectivity index (χ1n) is 6.95. The molecule has 2 aromatic carbocycles. The molecule has 0 saturated heterocycles. The van der Waals surface area contributed by atoms with E-state index in [0.29, 0.717) is 6.42 Å². The van der Waals surface area contributed by atoms with Gasteiger partial charge in [-0.25, -0.2) is 4.39 Å². The average molecular weight is 352 g/mol. The maximum Gasteiger partial charge on any atom is 0.124 e. The van der Waals surface area contributed by atoms with Crippen LogP contribution in [0.5, 0.6) is 5.75 Å². The largest absolute Gasteiger partial charge is 0.496 e. The van der Waals surface area contributed by atoms with Crippen LogP contribution < -0.4 is 10.1 Å². The molecule has 4 heteroatoms. The highest BCUT2D eigenvalue weighted by Crippen LogP contribution is 2.30. The van der Waals surface area contributed by atoms with E-state index in [9.17, 15) is 4.39 Å². The van der Waals surface area contributed by atoms with E-state index in [1.807, 2.05) is 24.3 Å². The fourth-order valence-corrected chi connectivity index (χ4v) is 2.75. The van der Waals surface area contributed by atoms with E-state index < -0.39 is 0 Å². The summed E-state index contributed by atoms with van der Waals surface area (Å²) in [7, 11) is 1.66. The van der Waals surface area contributed by atoms with Gasteiger partial charge in [-0.05, 0) is 42.8 Å². The Hall–Kier alpha value is -1.39. The van der Waals surface area contributed by atoms with Gasteiger partial charge >= 0.3 is 0 Å². The van der Waals surface area contributed by atoms with E-state index in [4.69, 9.17) is 4.74 Å². The average Bonchev–Trinajstić information content (AvgIpc) is 2.47. The molecule has 0 radical (unpaired) electrons. The van der Waals surface area contributed by atoms with Gasteiger partial charge in [-0.3, -0.25) is 0 Å². The Balaban J connectivity index is 2.30. The summed E-state index contributed by atoms with van der Waals surface area (Å²) in [5.41, 5.74) is 2.04. The molecule has 1 N–H and O–H groups in total. The highest BCUT2D eigenvalue weighted by molar-refractivity contribution is 9.10. The molecule has 0 bridgehead atoms. The van der Waals surface area contributed by atoms with Crippen LogP contribution in [0.2, 0.25) is 0 Å². The summed E-state index contributed by atoms with van der Waals surface area (Å²) in [5, 5.41) is 3.44. The molecule has 0 saturated carbocycles. The first-order valence-corrected chi connectivity index (χ1v) is 7.74. The highest BCUT2D eigenvalue weighted by Gasteiger charge is 2.16. The van der Waals surface area contributed by atoms with Gasteiger partial charge in [0.1, 0.15) is 11.6 Å². The lowest BCUT2D eigenvalue weighted by molar-refractivity contribution is 0.399. The lowest BCUT2D eigenvalue weighted by Gasteiger charge is -2.21. The summed E-state index contributed by atoms with van der Waals surface area (Å²) in [5.74, 6) is 0.622. The summed E-state index contributed by atoms with van der Waals surface area (Å²) in [4.78, 5) is 0. The zero-order valence-corrected chi connectivity index (χ0v) is 13.8. The molecule has 2 nitrogen and oxygen atoms in total. The van der Waals surface area contributed by atoms with E-state index in [-0.39, 0.29) is 11.9 Å². The Bertz CT molecular complexity index is 603. The number of methoxy groups -OCH3 is 1. The molecule has 0 heterocycles. The van der Waals surface area contributed by atoms with Gasteiger partial charge in [0.2, 0.25) is 0 Å². The summed E-state index contributed by atoms with van der Waals surface area (Å²) < 4.78 is 19.8. The molecule has 0 aliphatic carbocycles. The first kappa shape index (κ1) is 16.0. The standard InChI is InChI=1S/C17H19BrFNO/c1-3-20-16(10-12-5-4-6-14(19)9-12)15-8-7-13(18)11-17(15)21-2/h4-9,11,16,20H,3,10H2,1-2H3. The summed E-state index contributed by atoms with van der Waals surface area (Å²) in [6, 6.07) is 12.8. The third-order valence-electron chi connectivity index (χ3n) is 3.35. The molecule has 21 heavy (non-hydrogen) atoms. The van der Waals surface area contributed by atoms with Gasteiger partial charge in [-0.15, -0.1) is 0 Å². The number of nitrogens with one attached hydrogen (secondary N) is 1. The second-order valence-corrected chi connectivity index (χ2v) is 5.75. The molecule has 0 amide bonds. The van der Waals surface area contributed by atoms with Gasteiger partial charge in [-0.1, -0.05) is 41.1 Å². The van der Waals surface area contributed by atoms with Crippen molar-refractivity contribution in [3.05, 3.63) is 63.9 Å². The Morgan fingerprint density at radius 2 is 2.05 bits per heavy atom. The second-order valence-electron chi connectivity index (χ2n) is 4.83. The van der Waals surface area contributed by atoms with E-state index >= 15 is 0 Å². The molecule has 2 rings (SSSR count). The smallest absolute Gasteiger partial charge is 0.124 e. The van der Waals surface area contributed by atoms with Gasteiger partial charge in [0.25, 0.3) is 0 Å². The van der Waals surface area contributed by atoms with Crippen LogP contribution in [0.3, 0.4) is 0 Å². The van der Waals surface area contributed by atoms with Crippen molar-refractivity contribution in [3.63, 3.8) is 0 Å². The molecular formula is C17H19BrFNO. The minimum absolute atomic E-state index is 0.0832. The van der Waals surface area contributed by atoms with Crippen molar-refractivity contribution in [2.75, 3.05) is 13.7 Å². The summed E-state index contributed by atoms with van der Waals surface area (Å²) in [6.07, 6.45) is 0.712. The van der Waals surface area contributed by atoms with Crippen LogP contribution in [0.1, 0.15) is 24.1 Å². The van der Waals surface area contributed by atoms with Gasteiger partial charge < -0.3 is 10.1 Å². The van der Waals surface area contributed by atoms with Crippen molar-refractivity contribution in [3.8, 4) is 5.75 Å². The predicted molar refractivity (Wildman–Crippen MR) is 87.2 cm³/mol. The van der Waals surface area contributed by atoms with E-state index in [1.54, 1.807) is 19.2 Å². The van der Waals surface area contributed by atoms with Crippen molar-refractivity contribution in [1.82, 2.24) is 5.32 Å². The molecule has 1 atom stereocenters. The Morgan fingerprint density at radius 1 is 1.24 bits per heavy atom. The maximum absolute atomic E-state index is 13.4. The van der Waals surface area contributed by atoms with E-state index in [0.717, 1.165) is 27.9 Å². The van der Waals surface area contributed by atoms with Crippen molar-refractivity contribution in [2.45, 2.75) is 19.4 Å².